The van der Waals surface area contributed by atoms with E-state index in [1.807, 2.05) is 13.0 Å². The number of nitrogens with one attached hydrogen (secondary N) is 2. The van der Waals surface area contributed by atoms with Gasteiger partial charge in [0.2, 0.25) is 5.95 Å². The summed E-state index contributed by atoms with van der Waals surface area (Å²) in [4.78, 5) is 8.95. The normalized spacial score (nSPS) is 10.6. The predicted octanol–water partition coefficient (Wildman–Crippen LogP) is 4.50. The average Bonchev–Trinajstić information content (AvgIpc) is 2.61. The minimum Gasteiger partial charge on any atom is -0.366 e. The highest BCUT2D eigenvalue weighted by Gasteiger charge is 2.03. The number of benzene rings is 2. The Bertz CT molecular complexity index is 862. The Morgan fingerprint density at radius 3 is 2.46 bits per heavy atom. The molecule has 0 bridgehead atoms. The van der Waals surface area contributed by atoms with Crippen molar-refractivity contribution in [1.29, 1.82) is 0 Å². The zero-order chi connectivity index (χ0) is 18.4. The van der Waals surface area contributed by atoms with Gasteiger partial charge in [0.1, 0.15) is 11.6 Å². The van der Waals surface area contributed by atoms with Gasteiger partial charge in [-0.05, 0) is 43.5 Å². The molecule has 5 heteroatoms. The van der Waals surface area contributed by atoms with Crippen molar-refractivity contribution in [1.82, 2.24) is 9.97 Å². The first kappa shape index (κ1) is 17.9. The molecule has 0 aliphatic heterocycles. The van der Waals surface area contributed by atoms with E-state index in [1.54, 1.807) is 12.1 Å². The highest BCUT2D eigenvalue weighted by Crippen LogP contribution is 2.12. The smallest absolute Gasteiger partial charge is 0.224 e. The lowest BCUT2D eigenvalue weighted by Gasteiger charge is -2.10. The fourth-order valence-corrected chi connectivity index (χ4v) is 2.72. The highest BCUT2D eigenvalue weighted by atomic mass is 19.1. The fourth-order valence-electron chi connectivity index (χ4n) is 2.72. The van der Waals surface area contributed by atoms with Crippen molar-refractivity contribution in [2.75, 3.05) is 17.2 Å². The fraction of sp³-hybridized carbons (Fsp3) is 0.238. The van der Waals surface area contributed by atoms with Crippen LogP contribution in [0, 0.1) is 19.7 Å². The lowest BCUT2D eigenvalue weighted by molar-refractivity contribution is 0.627. The molecule has 2 aromatic carbocycles. The van der Waals surface area contributed by atoms with Crippen molar-refractivity contribution in [3.63, 3.8) is 0 Å². The van der Waals surface area contributed by atoms with E-state index < -0.39 is 0 Å². The second-order valence-corrected chi connectivity index (χ2v) is 6.36. The van der Waals surface area contributed by atoms with Gasteiger partial charge < -0.3 is 10.6 Å². The van der Waals surface area contributed by atoms with Gasteiger partial charge in [-0.1, -0.05) is 42.0 Å². The van der Waals surface area contributed by atoms with Crippen molar-refractivity contribution in [2.24, 2.45) is 0 Å². The van der Waals surface area contributed by atoms with Crippen LogP contribution in [0.2, 0.25) is 0 Å². The number of aryl methyl sites for hydroxylation is 2. The van der Waals surface area contributed by atoms with Crippen LogP contribution in [0.15, 0.2) is 54.6 Å². The van der Waals surface area contributed by atoms with Crippen molar-refractivity contribution >= 4 is 11.8 Å². The molecular formula is C21H23FN4. The number of hydrogen-bond acceptors (Lipinski definition) is 4. The summed E-state index contributed by atoms with van der Waals surface area (Å²) in [5.41, 5.74) is 4.43. The first-order chi connectivity index (χ1) is 12.6. The standard InChI is InChI=1S/C21H23FN4/c1-15-4-3-5-18(12-15)14-24-20-13-16(2)25-21(26-20)23-11-10-17-6-8-19(22)9-7-17/h3-9,12-13H,10-11,14H2,1-2H3,(H2,23,24,25,26). The maximum atomic E-state index is 12.9. The van der Waals surface area contributed by atoms with Crippen molar-refractivity contribution in [2.45, 2.75) is 26.8 Å². The van der Waals surface area contributed by atoms with Gasteiger partial charge in [0.15, 0.2) is 0 Å². The third kappa shape index (κ3) is 5.28. The topological polar surface area (TPSA) is 49.8 Å². The minimum atomic E-state index is -0.215. The second-order valence-electron chi connectivity index (χ2n) is 6.36. The summed E-state index contributed by atoms with van der Waals surface area (Å²) in [7, 11) is 0. The van der Waals surface area contributed by atoms with Gasteiger partial charge in [-0.2, -0.15) is 4.98 Å². The summed E-state index contributed by atoms with van der Waals surface area (Å²) in [5, 5.41) is 6.59. The molecular weight excluding hydrogens is 327 g/mol. The third-order valence-corrected chi connectivity index (χ3v) is 4.02. The molecule has 0 saturated carbocycles. The molecule has 0 fully saturated rings. The molecule has 0 radical (unpaired) electrons. The van der Waals surface area contributed by atoms with E-state index >= 15 is 0 Å². The maximum Gasteiger partial charge on any atom is 0.224 e. The van der Waals surface area contributed by atoms with Crippen molar-refractivity contribution in [3.05, 3.63) is 82.8 Å². The maximum absolute atomic E-state index is 12.9. The molecule has 4 nitrogen and oxygen atoms in total. The summed E-state index contributed by atoms with van der Waals surface area (Å²) < 4.78 is 12.9. The van der Waals surface area contributed by atoms with Crippen LogP contribution in [0.3, 0.4) is 0 Å². The van der Waals surface area contributed by atoms with Gasteiger partial charge in [0, 0.05) is 24.8 Å². The third-order valence-electron chi connectivity index (χ3n) is 4.02. The van der Waals surface area contributed by atoms with Gasteiger partial charge in [-0.25, -0.2) is 9.37 Å². The van der Waals surface area contributed by atoms with Gasteiger partial charge in [0.05, 0.1) is 0 Å². The molecule has 2 N–H and O–H groups in total. The number of halogens is 1. The SMILES string of the molecule is Cc1cccc(CNc2cc(C)nc(NCCc3ccc(F)cc3)n2)c1. The quantitative estimate of drug-likeness (QED) is 0.659. The van der Waals surface area contributed by atoms with Crippen LogP contribution in [0.4, 0.5) is 16.2 Å². The Labute approximate surface area is 153 Å². The molecule has 134 valence electrons. The van der Waals surface area contributed by atoms with E-state index in [2.05, 4.69) is 51.8 Å². The lowest BCUT2D eigenvalue weighted by atomic mass is 10.1. The molecule has 0 spiro atoms. The Morgan fingerprint density at radius 1 is 0.885 bits per heavy atom. The molecule has 0 amide bonds. The van der Waals surface area contributed by atoms with Crippen LogP contribution in [-0.4, -0.2) is 16.5 Å². The number of anilines is 2. The molecule has 0 saturated heterocycles. The van der Waals surface area contributed by atoms with E-state index in [-0.39, 0.29) is 5.82 Å². The monoisotopic (exact) mass is 350 g/mol. The lowest BCUT2D eigenvalue weighted by Crippen LogP contribution is -2.10. The van der Waals surface area contributed by atoms with E-state index in [9.17, 15) is 4.39 Å². The van der Waals surface area contributed by atoms with Crippen LogP contribution in [-0.2, 0) is 13.0 Å². The molecule has 0 aliphatic rings. The Balaban J connectivity index is 1.57. The van der Waals surface area contributed by atoms with Gasteiger partial charge >= 0.3 is 0 Å². The first-order valence-electron chi connectivity index (χ1n) is 8.72. The molecule has 0 unspecified atom stereocenters. The first-order valence-corrected chi connectivity index (χ1v) is 8.72. The minimum absolute atomic E-state index is 0.215. The van der Waals surface area contributed by atoms with Crippen LogP contribution in [0.1, 0.15) is 22.4 Å². The Hall–Kier alpha value is -2.95. The summed E-state index contributed by atoms with van der Waals surface area (Å²) in [6, 6.07) is 16.9. The van der Waals surface area contributed by atoms with Crippen LogP contribution in [0.5, 0.6) is 0 Å². The number of nitrogens with zero attached hydrogens (tertiary/aromatic N) is 2. The van der Waals surface area contributed by atoms with Gasteiger partial charge in [-0.15, -0.1) is 0 Å². The molecule has 0 aliphatic carbocycles. The zero-order valence-corrected chi connectivity index (χ0v) is 15.1. The van der Waals surface area contributed by atoms with E-state index in [4.69, 9.17) is 0 Å². The average molecular weight is 350 g/mol. The molecule has 26 heavy (non-hydrogen) atoms. The molecule has 1 heterocycles. The summed E-state index contributed by atoms with van der Waals surface area (Å²) in [6.07, 6.45) is 0.781. The summed E-state index contributed by atoms with van der Waals surface area (Å²) >= 11 is 0. The van der Waals surface area contributed by atoms with Crippen molar-refractivity contribution in [3.8, 4) is 0 Å². The van der Waals surface area contributed by atoms with E-state index in [0.29, 0.717) is 19.0 Å². The molecule has 3 aromatic rings. The predicted molar refractivity (Wildman–Crippen MR) is 104 cm³/mol. The highest BCUT2D eigenvalue weighted by molar-refractivity contribution is 5.43. The van der Waals surface area contributed by atoms with Crippen molar-refractivity contribution < 1.29 is 4.39 Å². The molecule has 3 rings (SSSR count). The second kappa shape index (κ2) is 8.43. The van der Waals surface area contributed by atoms with Gasteiger partial charge in [-0.3, -0.25) is 0 Å². The Kier molecular flexibility index (Phi) is 5.79. The van der Waals surface area contributed by atoms with Crippen LogP contribution in [0.25, 0.3) is 0 Å². The summed E-state index contributed by atoms with van der Waals surface area (Å²) in [6.45, 7) is 5.44. The zero-order valence-electron chi connectivity index (χ0n) is 15.1. The Morgan fingerprint density at radius 2 is 1.69 bits per heavy atom. The number of hydrogen-bond donors (Lipinski definition) is 2. The number of aromatic nitrogens is 2. The largest absolute Gasteiger partial charge is 0.366 e. The van der Waals surface area contributed by atoms with Gasteiger partial charge in [0.25, 0.3) is 0 Å². The summed E-state index contributed by atoms with van der Waals surface area (Å²) in [5.74, 6) is 1.18. The van der Waals surface area contributed by atoms with Crippen LogP contribution < -0.4 is 10.6 Å². The number of rotatable bonds is 7. The van der Waals surface area contributed by atoms with E-state index in [0.717, 1.165) is 23.5 Å². The molecule has 1 aromatic heterocycles. The van der Waals surface area contributed by atoms with Crippen LogP contribution >= 0.6 is 0 Å². The molecule has 0 atom stereocenters. The van der Waals surface area contributed by atoms with E-state index in [1.165, 1.54) is 23.3 Å².